The molecule has 4 aliphatic rings. The number of rotatable bonds is 9. The minimum atomic E-state index is -2.45. The average Bonchev–Trinajstić information content (AvgIpc) is 3.78. The van der Waals surface area contributed by atoms with Crippen LogP contribution in [0, 0.1) is 42.4 Å². The number of esters is 2. The molecule has 1 aromatic rings. The smallest absolute Gasteiger partial charge is 0.373 e. The van der Waals surface area contributed by atoms with Crippen LogP contribution in [0.25, 0.3) is 0 Å². The fraction of sp³-hybridized carbons (Fsp3) is 0.702. The predicted octanol–water partition coefficient (Wildman–Crippen LogP) is 7.09. The highest BCUT2D eigenvalue weighted by Crippen LogP contribution is 2.38. The zero-order valence-corrected chi connectivity index (χ0v) is 46.5. The van der Waals surface area contributed by atoms with E-state index in [9.17, 15) is 39.0 Å². The number of methoxy groups -OCH3 is 3. The second-order valence-electron chi connectivity index (χ2n) is 21.7. The van der Waals surface area contributed by atoms with E-state index < -0.39 is 89.8 Å². The van der Waals surface area contributed by atoms with Gasteiger partial charge in [0.1, 0.15) is 36.2 Å². The fourth-order valence-electron chi connectivity index (χ4n) is 11.1. The van der Waals surface area contributed by atoms with Gasteiger partial charge in [0.05, 0.1) is 23.7 Å². The number of allylic oxidation sites excluding steroid dienone is 6. The second kappa shape index (κ2) is 28.2. The maximum Gasteiger partial charge on any atom is 0.373 e. The van der Waals surface area contributed by atoms with Gasteiger partial charge in [-0.3, -0.25) is 19.2 Å². The number of amides is 1. The van der Waals surface area contributed by atoms with Crippen LogP contribution in [0.4, 0.5) is 0 Å². The van der Waals surface area contributed by atoms with E-state index in [4.69, 9.17) is 28.4 Å². The van der Waals surface area contributed by atoms with Crippen LogP contribution in [-0.2, 0) is 63.7 Å². The summed E-state index contributed by atoms with van der Waals surface area (Å²) in [5, 5.41) is 25.5. The molecule has 2 N–H and O–H groups in total. The number of aliphatic hydroxyl groups is 2. The lowest BCUT2D eigenvalue weighted by molar-refractivity contribution is -0.687. The number of nitrogens with zero attached hydrogens (tertiary/aromatic N) is 2. The SMILES string of the molecule is CO[C@H]1C[C@@H]2CC[C@@H](C)[C@@](O)(O2)C(=O)C(=O)N2CCCC[C@H]2C(=O)O[C@H]([C@H](C)C[C@@H]2CC[C@@H](OC(=O)C[n+]3cscc3C)[C@H](OC)C2)CC(=O)[C@H](C)/C=C(\C)[C@@H](O)[C@@H](OC)C(=O)[C@H](C)C[C@H](C)/C=C/C=C/C=C/1C. The van der Waals surface area contributed by atoms with Crippen molar-refractivity contribution in [2.24, 2.45) is 35.5 Å². The third-order valence-electron chi connectivity index (χ3n) is 15.9. The largest absolute Gasteiger partial charge is 0.460 e. The van der Waals surface area contributed by atoms with Crippen LogP contribution >= 0.6 is 11.3 Å². The van der Waals surface area contributed by atoms with Crippen LogP contribution < -0.4 is 4.57 Å². The molecule has 0 spiro atoms. The van der Waals surface area contributed by atoms with Gasteiger partial charge in [-0.1, -0.05) is 82.4 Å². The van der Waals surface area contributed by atoms with Crippen LogP contribution in [0.3, 0.4) is 0 Å². The van der Waals surface area contributed by atoms with Crippen molar-refractivity contribution in [3.8, 4) is 0 Å². The normalized spacial score (nSPS) is 36.9. The number of cyclic esters (lactones) is 1. The minimum absolute atomic E-state index is 0.00572. The number of Topliss-reactive ketones (excluding diaryl/α,β-unsaturated/α-hetero) is 3. The van der Waals surface area contributed by atoms with E-state index in [0.29, 0.717) is 69.8 Å². The standard InChI is InChI=1S/C57H85N2O14S/c1-34-17-13-12-14-18-35(2)47(68-9)29-43-22-20-40(7)57(67,73-43)54(64)55(65)59-24-16-15-19-44(59)56(66)72-48(30-45(60)36(3)26-39(6)52(63)53(70-11)51(62)38(5)25-34)37(4)27-42-21-23-46(49(28-42)69-10)71-50(61)31-58-33-74-32-41(58)8/h12-14,17-18,26,32-34,36-38,40,42-44,46-49,52-53,63,67H,15-16,19-25,27-31H2,1-11H3/q+1/b14-12+,17-13+,35-18+,39-26+/t34-,36-,37-,38-,40-,42+,43+,44+,46-,47+,48+,49-,52-,53+,57-/m1/s1. The van der Waals surface area contributed by atoms with E-state index in [2.05, 4.69) is 0 Å². The van der Waals surface area contributed by atoms with Crippen LogP contribution in [0.1, 0.15) is 131 Å². The average molecular weight is 1050 g/mol. The van der Waals surface area contributed by atoms with Gasteiger partial charge in [-0.25, -0.2) is 9.59 Å². The molecule has 74 heavy (non-hydrogen) atoms. The first-order chi connectivity index (χ1) is 35.1. The molecule has 0 unspecified atom stereocenters. The Morgan fingerprint density at radius 1 is 0.892 bits per heavy atom. The molecule has 16 nitrogen and oxygen atoms in total. The van der Waals surface area contributed by atoms with Crippen LogP contribution in [0.15, 0.2) is 58.5 Å². The number of thiazole rings is 1. The Hall–Kier alpha value is -4.23. The Bertz CT molecular complexity index is 2220. The maximum atomic E-state index is 14.6. The number of piperidine rings is 1. The van der Waals surface area contributed by atoms with Crippen molar-refractivity contribution in [1.29, 1.82) is 0 Å². The lowest BCUT2D eigenvalue weighted by Gasteiger charge is -2.42. The summed E-state index contributed by atoms with van der Waals surface area (Å²) in [7, 11) is 4.54. The molecule has 412 valence electrons. The van der Waals surface area contributed by atoms with Crippen molar-refractivity contribution in [3.63, 3.8) is 0 Å². The topological polar surface area (TPSA) is 205 Å². The van der Waals surface area contributed by atoms with Crippen molar-refractivity contribution in [2.45, 2.75) is 194 Å². The summed E-state index contributed by atoms with van der Waals surface area (Å²) in [5.74, 6) is -8.61. The van der Waals surface area contributed by atoms with Crippen molar-refractivity contribution in [3.05, 3.63) is 64.2 Å². The molecule has 0 radical (unpaired) electrons. The lowest BCUT2D eigenvalue weighted by Crippen LogP contribution is -2.61. The number of ether oxygens (including phenoxy) is 6. The molecule has 1 aromatic heterocycles. The summed E-state index contributed by atoms with van der Waals surface area (Å²) in [6.07, 6.45) is 10.9. The summed E-state index contributed by atoms with van der Waals surface area (Å²) in [4.78, 5) is 85.6. The fourth-order valence-corrected chi connectivity index (χ4v) is 11.9. The summed E-state index contributed by atoms with van der Waals surface area (Å²) < 4.78 is 37.7. The van der Waals surface area contributed by atoms with Gasteiger partial charge in [0.15, 0.2) is 11.5 Å². The molecule has 2 bridgehead atoms. The molecule has 15 atom stereocenters. The van der Waals surface area contributed by atoms with E-state index in [-0.39, 0.29) is 61.4 Å². The predicted molar refractivity (Wildman–Crippen MR) is 278 cm³/mol. The van der Waals surface area contributed by atoms with E-state index in [0.717, 1.165) is 11.3 Å². The molecule has 0 aromatic carbocycles. The number of carbonyl (C=O) groups excluding carboxylic acids is 6. The molecule has 1 saturated carbocycles. The summed E-state index contributed by atoms with van der Waals surface area (Å²) in [6, 6.07) is -1.17. The van der Waals surface area contributed by atoms with Crippen LogP contribution in [-0.4, -0.2) is 133 Å². The lowest BCUT2D eigenvalue weighted by atomic mass is 9.78. The molecule has 3 aliphatic heterocycles. The number of carbonyl (C=O) groups is 6. The Balaban J connectivity index is 1.43. The zero-order valence-electron chi connectivity index (χ0n) is 45.7. The van der Waals surface area contributed by atoms with Crippen molar-refractivity contribution < 1.29 is 72.0 Å². The first kappa shape index (κ1) is 60.6. The van der Waals surface area contributed by atoms with Gasteiger partial charge in [-0.05, 0) is 107 Å². The third-order valence-corrected chi connectivity index (χ3v) is 16.8. The Morgan fingerprint density at radius 2 is 1.64 bits per heavy atom. The van der Waals surface area contributed by atoms with Gasteiger partial charge >= 0.3 is 11.9 Å². The van der Waals surface area contributed by atoms with E-state index >= 15 is 0 Å². The molecule has 3 fully saturated rings. The summed E-state index contributed by atoms with van der Waals surface area (Å²) in [5.41, 5.74) is 4.08. The highest BCUT2D eigenvalue weighted by Gasteiger charge is 2.53. The first-order valence-corrected chi connectivity index (χ1v) is 27.7. The summed E-state index contributed by atoms with van der Waals surface area (Å²) >= 11 is 1.50. The Kier molecular flexibility index (Phi) is 23.1. The van der Waals surface area contributed by atoms with Gasteiger partial charge in [-0.2, -0.15) is 4.57 Å². The second-order valence-corrected chi connectivity index (χ2v) is 22.4. The number of aryl methyl sites for hydroxylation is 1. The van der Waals surface area contributed by atoms with Crippen molar-refractivity contribution >= 4 is 46.5 Å². The van der Waals surface area contributed by atoms with Crippen LogP contribution in [0.2, 0.25) is 0 Å². The van der Waals surface area contributed by atoms with E-state index in [1.807, 2.05) is 80.5 Å². The van der Waals surface area contributed by atoms with Gasteiger partial charge in [0, 0.05) is 65.4 Å². The molecule has 4 heterocycles. The van der Waals surface area contributed by atoms with Crippen molar-refractivity contribution in [2.75, 3.05) is 27.9 Å². The molecule has 5 rings (SSSR count). The third kappa shape index (κ3) is 15.9. The monoisotopic (exact) mass is 1050 g/mol. The quantitative estimate of drug-likeness (QED) is 0.110. The molecule has 17 heteroatoms. The molecular weight excluding hydrogens is 969 g/mol. The molecule has 1 amide bonds. The minimum Gasteiger partial charge on any atom is -0.460 e. The number of aliphatic hydroxyl groups excluding tert-OH is 1. The highest BCUT2D eigenvalue weighted by atomic mass is 32.1. The van der Waals surface area contributed by atoms with Gasteiger partial charge in [0.25, 0.3) is 11.7 Å². The zero-order chi connectivity index (χ0) is 54.4. The Morgan fingerprint density at radius 3 is 2.31 bits per heavy atom. The molecule has 1 aliphatic carbocycles. The van der Waals surface area contributed by atoms with Gasteiger partial charge < -0.3 is 43.5 Å². The number of aromatic nitrogens is 1. The van der Waals surface area contributed by atoms with E-state index in [1.54, 1.807) is 41.1 Å². The van der Waals surface area contributed by atoms with Crippen LogP contribution in [0.5, 0.6) is 0 Å². The highest BCUT2D eigenvalue weighted by molar-refractivity contribution is 7.07. The maximum absolute atomic E-state index is 14.6. The van der Waals surface area contributed by atoms with Gasteiger partial charge in [0.2, 0.25) is 17.8 Å². The van der Waals surface area contributed by atoms with E-state index in [1.165, 1.54) is 23.3 Å². The molecule has 2 saturated heterocycles. The number of ketones is 3. The Labute approximate surface area is 442 Å². The number of fused-ring (bicyclic) bond motifs is 3. The first-order valence-electron chi connectivity index (χ1n) is 26.7. The molecular formula is C57H85N2O14S+. The number of hydrogen-bond donors (Lipinski definition) is 2. The van der Waals surface area contributed by atoms with Gasteiger partial charge in [-0.15, -0.1) is 0 Å². The number of hydrogen-bond acceptors (Lipinski definition) is 15. The summed E-state index contributed by atoms with van der Waals surface area (Å²) in [6.45, 7) is 14.7. The van der Waals surface area contributed by atoms with Crippen molar-refractivity contribution in [1.82, 2.24) is 4.90 Å².